The second kappa shape index (κ2) is 4.51. The number of esters is 1. The Kier molecular flexibility index (Phi) is 2.83. The molecule has 2 atom stereocenters. The minimum absolute atomic E-state index is 0.336. The number of hydrogen-bond acceptors (Lipinski definition) is 4. The molecule has 1 aliphatic heterocycles. The number of carboxylic acids is 1. The molecule has 1 aromatic carbocycles. The molecule has 19 heavy (non-hydrogen) atoms. The number of aliphatic carboxylic acids is 1. The second-order valence-electron chi connectivity index (χ2n) is 4.24. The Bertz CT molecular complexity index is 633. The number of cyclic esters (lactones) is 1. The van der Waals surface area contributed by atoms with Crippen molar-refractivity contribution in [1.82, 2.24) is 0 Å². The summed E-state index contributed by atoms with van der Waals surface area (Å²) in [5, 5.41) is 11.3. The molecule has 0 spiro atoms. The fourth-order valence-electron chi connectivity index (χ4n) is 2.30. The maximum Gasteiger partial charge on any atom is 0.339 e. The zero-order chi connectivity index (χ0) is 13.4. The highest BCUT2D eigenvalue weighted by atomic mass is 32.1. The van der Waals surface area contributed by atoms with Gasteiger partial charge in [0, 0.05) is 4.88 Å². The number of benzene rings is 1. The quantitative estimate of drug-likeness (QED) is 0.855. The third kappa shape index (κ3) is 1.92. The number of carbonyl (C=O) groups is 2. The molecule has 0 bridgehead atoms. The Labute approximate surface area is 113 Å². The molecule has 1 aliphatic rings. The standard InChI is InChI=1S/C14H10O4S/c15-13(16)11-8-4-1-2-5-9(8)14(17)18-12(11)10-6-3-7-19-10/h1-7,11-12H,(H,15,16)/t11-,12+/m0/s1. The van der Waals surface area contributed by atoms with Gasteiger partial charge in [0.15, 0.2) is 6.10 Å². The van der Waals surface area contributed by atoms with Crippen molar-refractivity contribution >= 4 is 23.3 Å². The summed E-state index contributed by atoms with van der Waals surface area (Å²) in [6, 6.07) is 10.3. The second-order valence-corrected chi connectivity index (χ2v) is 5.22. The van der Waals surface area contributed by atoms with E-state index in [4.69, 9.17) is 4.74 Å². The summed E-state index contributed by atoms with van der Waals surface area (Å²) >= 11 is 1.39. The van der Waals surface area contributed by atoms with Crippen LogP contribution in [0.5, 0.6) is 0 Å². The van der Waals surface area contributed by atoms with Crippen molar-refractivity contribution in [2.45, 2.75) is 12.0 Å². The molecule has 4 nitrogen and oxygen atoms in total. The number of rotatable bonds is 2. The first-order valence-corrected chi connectivity index (χ1v) is 6.62. The molecule has 2 heterocycles. The lowest BCUT2D eigenvalue weighted by atomic mass is 9.86. The predicted molar refractivity (Wildman–Crippen MR) is 69.3 cm³/mol. The van der Waals surface area contributed by atoms with Crippen molar-refractivity contribution in [3.63, 3.8) is 0 Å². The van der Waals surface area contributed by atoms with E-state index < -0.39 is 24.0 Å². The summed E-state index contributed by atoms with van der Waals surface area (Å²) in [6.07, 6.45) is -0.750. The maximum absolute atomic E-state index is 11.9. The topological polar surface area (TPSA) is 63.6 Å². The summed E-state index contributed by atoms with van der Waals surface area (Å²) in [5.41, 5.74) is 0.854. The molecule has 3 rings (SSSR count). The third-order valence-corrected chi connectivity index (χ3v) is 4.08. The van der Waals surface area contributed by atoms with E-state index in [1.54, 1.807) is 30.3 Å². The smallest absolute Gasteiger partial charge is 0.339 e. The molecule has 0 radical (unpaired) electrons. The van der Waals surface area contributed by atoms with E-state index in [0.29, 0.717) is 11.1 Å². The predicted octanol–water partition coefficient (Wildman–Crippen LogP) is 2.83. The van der Waals surface area contributed by atoms with Crippen molar-refractivity contribution in [3.05, 3.63) is 57.8 Å². The molecule has 96 valence electrons. The average molecular weight is 274 g/mol. The van der Waals surface area contributed by atoms with E-state index in [9.17, 15) is 14.7 Å². The van der Waals surface area contributed by atoms with Gasteiger partial charge in [0.05, 0.1) is 5.56 Å². The van der Waals surface area contributed by atoms with E-state index >= 15 is 0 Å². The van der Waals surface area contributed by atoms with Gasteiger partial charge in [0.2, 0.25) is 0 Å². The van der Waals surface area contributed by atoms with E-state index in [2.05, 4.69) is 0 Å². The number of fused-ring (bicyclic) bond motifs is 1. The van der Waals surface area contributed by atoms with Crippen LogP contribution in [0.3, 0.4) is 0 Å². The number of carbonyl (C=O) groups excluding carboxylic acids is 1. The van der Waals surface area contributed by atoms with Gasteiger partial charge in [-0.2, -0.15) is 0 Å². The summed E-state index contributed by atoms with van der Waals surface area (Å²) in [5.74, 6) is -2.31. The normalized spacial score (nSPS) is 21.6. The summed E-state index contributed by atoms with van der Waals surface area (Å²) in [4.78, 5) is 24.2. The Morgan fingerprint density at radius 2 is 2.00 bits per heavy atom. The zero-order valence-electron chi connectivity index (χ0n) is 9.78. The van der Waals surface area contributed by atoms with Gasteiger partial charge in [-0.05, 0) is 23.1 Å². The molecule has 0 fully saturated rings. The van der Waals surface area contributed by atoms with Crippen LogP contribution in [0.25, 0.3) is 0 Å². The Morgan fingerprint density at radius 1 is 1.21 bits per heavy atom. The number of thiophene rings is 1. The monoisotopic (exact) mass is 274 g/mol. The van der Waals surface area contributed by atoms with E-state index in [1.807, 2.05) is 11.4 Å². The van der Waals surface area contributed by atoms with Gasteiger partial charge in [0.25, 0.3) is 0 Å². The van der Waals surface area contributed by atoms with Gasteiger partial charge in [-0.1, -0.05) is 24.3 Å². The van der Waals surface area contributed by atoms with Crippen LogP contribution in [0.15, 0.2) is 41.8 Å². The minimum atomic E-state index is -0.988. The van der Waals surface area contributed by atoms with Crippen LogP contribution in [0.4, 0.5) is 0 Å². The lowest BCUT2D eigenvalue weighted by Crippen LogP contribution is -2.30. The highest BCUT2D eigenvalue weighted by Gasteiger charge is 2.41. The molecule has 0 saturated heterocycles. The van der Waals surface area contributed by atoms with E-state index in [-0.39, 0.29) is 0 Å². The van der Waals surface area contributed by atoms with Gasteiger partial charge in [-0.15, -0.1) is 11.3 Å². The number of hydrogen-bond donors (Lipinski definition) is 1. The van der Waals surface area contributed by atoms with Crippen LogP contribution in [0.2, 0.25) is 0 Å². The first kappa shape index (κ1) is 11.9. The molecule has 1 N–H and O–H groups in total. The molecular weight excluding hydrogens is 264 g/mol. The fourth-order valence-corrected chi connectivity index (χ4v) is 3.09. The highest BCUT2D eigenvalue weighted by Crippen LogP contribution is 2.42. The Balaban J connectivity index is 2.14. The molecular formula is C14H10O4S. The number of ether oxygens (including phenoxy) is 1. The van der Waals surface area contributed by atoms with Gasteiger partial charge >= 0.3 is 11.9 Å². The molecule has 2 aromatic rings. The van der Waals surface area contributed by atoms with Gasteiger partial charge in [-0.25, -0.2) is 4.79 Å². The van der Waals surface area contributed by atoms with Crippen LogP contribution in [-0.4, -0.2) is 17.0 Å². The summed E-state index contributed by atoms with van der Waals surface area (Å²) in [6.45, 7) is 0. The van der Waals surface area contributed by atoms with Crippen LogP contribution < -0.4 is 0 Å². The minimum Gasteiger partial charge on any atom is -0.481 e. The van der Waals surface area contributed by atoms with Gasteiger partial charge < -0.3 is 9.84 Å². The van der Waals surface area contributed by atoms with Crippen molar-refractivity contribution in [3.8, 4) is 0 Å². The van der Waals surface area contributed by atoms with Gasteiger partial charge in [-0.3, -0.25) is 4.79 Å². The SMILES string of the molecule is O=C1O[C@H](c2cccs2)[C@@H](C(=O)O)c2ccccc21. The summed E-state index contributed by atoms with van der Waals surface area (Å²) < 4.78 is 5.32. The first-order valence-electron chi connectivity index (χ1n) is 5.74. The zero-order valence-corrected chi connectivity index (χ0v) is 10.6. The molecule has 0 saturated carbocycles. The van der Waals surface area contributed by atoms with Crippen molar-refractivity contribution < 1.29 is 19.4 Å². The van der Waals surface area contributed by atoms with Crippen molar-refractivity contribution in [2.75, 3.05) is 0 Å². The molecule has 5 heteroatoms. The molecule has 0 aliphatic carbocycles. The maximum atomic E-state index is 11.9. The Morgan fingerprint density at radius 3 is 2.68 bits per heavy atom. The largest absolute Gasteiger partial charge is 0.481 e. The lowest BCUT2D eigenvalue weighted by molar-refractivity contribution is -0.142. The highest BCUT2D eigenvalue weighted by molar-refractivity contribution is 7.10. The molecule has 0 unspecified atom stereocenters. The summed E-state index contributed by atoms with van der Waals surface area (Å²) in [7, 11) is 0. The van der Waals surface area contributed by atoms with Crippen molar-refractivity contribution in [1.29, 1.82) is 0 Å². The number of carboxylic acid groups (broad SMARTS) is 1. The average Bonchev–Trinajstić information content (AvgIpc) is 2.92. The van der Waals surface area contributed by atoms with E-state index in [1.165, 1.54) is 11.3 Å². The lowest BCUT2D eigenvalue weighted by Gasteiger charge is -2.29. The van der Waals surface area contributed by atoms with Crippen LogP contribution in [-0.2, 0) is 9.53 Å². The van der Waals surface area contributed by atoms with E-state index in [0.717, 1.165) is 4.88 Å². The van der Waals surface area contributed by atoms with Crippen LogP contribution in [0.1, 0.15) is 32.8 Å². The van der Waals surface area contributed by atoms with Crippen LogP contribution >= 0.6 is 11.3 Å². The Hall–Kier alpha value is -2.14. The van der Waals surface area contributed by atoms with Crippen molar-refractivity contribution in [2.24, 2.45) is 0 Å². The molecule has 1 aromatic heterocycles. The third-order valence-electron chi connectivity index (χ3n) is 3.14. The van der Waals surface area contributed by atoms with Crippen LogP contribution in [0, 0.1) is 0 Å². The first-order chi connectivity index (χ1) is 9.18. The van der Waals surface area contributed by atoms with Gasteiger partial charge in [0.1, 0.15) is 5.92 Å². The molecule has 0 amide bonds. The fraction of sp³-hybridized carbons (Fsp3) is 0.143.